The third-order valence-corrected chi connectivity index (χ3v) is 5.26. The molecule has 0 aliphatic heterocycles. The largest absolute Gasteiger partial charge is 0.497 e. The maximum absolute atomic E-state index is 5.82. The van der Waals surface area contributed by atoms with Crippen molar-refractivity contribution in [2.75, 3.05) is 25.9 Å². The van der Waals surface area contributed by atoms with E-state index in [1.165, 1.54) is 16.7 Å². The van der Waals surface area contributed by atoms with Gasteiger partial charge in [-0.25, -0.2) is 0 Å². The van der Waals surface area contributed by atoms with Crippen LogP contribution in [0.25, 0.3) is 0 Å². The Bertz CT molecular complexity index is 846. The van der Waals surface area contributed by atoms with Gasteiger partial charge in [0.1, 0.15) is 5.75 Å². The average molecular weight is 375 g/mol. The quantitative estimate of drug-likeness (QED) is 0.528. The summed E-state index contributed by atoms with van der Waals surface area (Å²) in [5.74, 6) is 0.908. The summed E-state index contributed by atoms with van der Waals surface area (Å²) in [6, 6.07) is 27.7. The highest BCUT2D eigenvalue weighted by Crippen LogP contribution is 2.28. The minimum Gasteiger partial charge on any atom is -0.497 e. The number of ether oxygens (including phenoxy) is 1. The number of nitrogens with two attached hydrogens (primary N) is 1. The van der Waals surface area contributed by atoms with Crippen LogP contribution in [0.5, 0.6) is 5.75 Å². The minimum absolute atomic E-state index is 0.302. The van der Waals surface area contributed by atoms with E-state index < -0.39 is 0 Å². The predicted molar refractivity (Wildman–Crippen MR) is 118 cm³/mol. The van der Waals surface area contributed by atoms with Gasteiger partial charge in [0.25, 0.3) is 0 Å². The van der Waals surface area contributed by atoms with Crippen molar-refractivity contribution in [3.05, 3.63) is 95.6 Å². The van der Waals surface area contributed by atoms with Crippen molar-refractivity contribution < 1.29 is 4.74 Å². The minimum atomic E-state index is 0.302. The Kier molecular flexibility index (Phi) is 7.10. The average Bonchev–Trinajstić information content (AvgIpc) is 2.75. The molecule has 0 amide bonds. The molecule has 0 fully saturated rings. The summed E-state index contributed by atoms with van der Waals surface area (Å²) < 4.78 is 5.48. The molecule has 2 N–H and O–H groups in total. The molecule has 0 bridgehead atoms. The van der Waals surface area contributed by atoms with E-state index in [4.69, 9.17) is 10.5 Å². The molecular formula is C25H30N2O. The van der Waals surface area contributed by atoms with E-state index in [9.17, 15) is 0 Å². The molecule has 28 heavy (non-hydrogen) atoms. The zero-order chi connectivity index (χ0) is 19.8. The third-order valence-electron chi connectivity index (χ3n) is 5.26. The normalized spacial score (nSPS) is 12.1. The van der Waals surface area contributed by atoms with Crippen LogP contribution < -0.4 is 10.5 Å². The number of benzene rings is 3. The molecule has 0 aromatic heterocycles. The van der Waals surface area contributed by atoms with E-state index in [0.717, 1.165) is 37.4 Å². The summed E-state index contributed by atoms with van der Waals surface area (Å²) in [5.41, 5.74) is 10.6. The molecule has 1 atom stereocenters. The summed E-state index contributed by atoms with van der Waals surface area (Å²) in [6.45, 7) is 4.22. The lowest BCUT2D eigenvalue weighted by atomic mass is 9.96. The summed E-state index contributed by atoms with van der Waals surface area (Å²) in [5, 5.41) is 0. The Hall–Kier alpha value is -2.78. The third kappa shape index (κ3) is 5.37. The SMILES string of the molecule is CCN(CCc1ccc(N)cc1)[C@H](Cc1ccccc1)c1cccc(OC)c1. The summed E-state index contributed by atoms with van der Waals surface area (Å²) >= 11 is 0. The second kappa shape index (κ2) is 9.95. The van der Waals surface area contributed by atoms with Crippen LogP contribution in [0.2, 0.25) is 0 Å². The standard InChI is InChI=1S/C25H30N2O/c1-3-27(17-16-20-12-14-23(26)15-13-20)25(18-21-8-5-4-6-9-21)22-10-7-11-24(19-22)28-2/h4-15,19,25H,3,16-18,26H2,1-2H3/t25-/m1/s1. The lowest BCUT2D eigenvalue weighted by molar-refractivity contribution is 0.208. The van der Waals surface area contributed by atoms with Crippen LogP contribution in [0.1, 0.15) is 29.7 Å². The molecule has 3 heteroatoms. The maximum atomic E-state index is 5.82. The van der Waals surface area contributed by atoms with E-state index in [2.05, 4.69) is 72.5 Å². The molecule has 0 saturated carbocycles. The summed E-state index contributed by atoms with van der Waals surface area (Å²) in [6.07, 6.45) is 1.98. The lowest BCUT2D eigenvalue weighted by Gasteiger charge is -2.32. The highest BCUT2D eigenvalue weighted by atomic mass is 16.5. The first kappa shape index (κ1) is 20.0. The molecule has 3 aromatic carbocycles. The summed E-state index contributed by atoms with van der Waals surface area (Å²) in [4.78, 5) is 2.55. The Balaban J connectivity index is 1.83. The zero-order valence-corrected chi connectivity index (χ0v) is 16.8. The fourth-order valence-electron chi connectivity index (χ4n) is 3.64. The predicted octanol–water partition coefficient (Wildman–Crippen LogP) is 5.13. The number of nitrogen functional groups attached to an aromatic ring is 1. The number of nitrogens with zero attached hydrogens (tertiary/aromatic N) is 1. The van der Waals surface area contributed by atoms with Crippen LogP contribution in [-0.4, -0.2) is 25.1 Å². The number of hydrogen-bond donors (Lipinski definition) is 1. The van der Waals surface area contributed by atoms with Crippen molar-refractivity contribution in [3.8, 4) is 5.75 Å². The number of methoxy groups -OCH3 is 1. The molecule has 0 heterocycles. The van der Waals surface area contributed by atoms with E-state index in [-0.39, 0.29) is 0 Å². The highest BCUT2D eigenvalue weighted by Gasteiger charge is 2.20. The van der Waals surface area contributed by atoms with Crippen LogP contribution in [0.4, 0.5) is 5.69 Å². The topological polar surface area (TPSA) is 38.5 Å². The van der Waals surface area contributed by atoms with Gasteiger partial charge in [0, 0.05) is 18.3 Å². The Morgan fingerprint density at radius 3 is 2.32 bits per heavy atom. The van der Waals surface area contributed by atoms with Crippen LogP contribution in [-0.2, 0) is 12.8 Å². The number of rotatable bonds is 9. The van der Waals surface area contributed by atoms with Crippen LogP contribution in [0.3, 0.4) is 0 Å². The molecule has 0 unspecified atom stereocenters. The smallest absolute Gasteiger partial charge is 0.119 e. The van der Waals surface area contributed by atoms with E-state index in [1.807, 2.05) is 18.2 Å². The van der Waals surface area contributed by atoms with Crippen molar-refractivity contribution in [1.82, 2.24) is 4.90 Å². The fourth-order valence-corrected chi connectivity index (χ4v) is 3.64. The monoisotopic (exact) mass is 374 g/mol. The Morgan fingerprint density at radius 1 is 0.893 bits per heavy atom. The molecule has 0 saturated heterocycles. The van der Waals surface area contributed by atoms with Gasteiger partial charge < -0.3 is 10.5 Å². The van der Waals surface area contributed by atoms with Gasteiger partial charge >= 0.3 is 0 Å². The lowest BCUT2D eigenvalue weighted by Crippen LogP contribution is -2.32. The molecule has 3 rings (SSSR count). The van der Waals surface area contributed by atoms with Gasteiger partial charge in [0.05, 0.1) is 7.11 Å². The van der Waals surface area contributed by atoms with Crippen LogP contribution in [0, 0.1) is 0 Å². The maximum Gasteiger partial charge on any atom is 0.119 e. The first-order chi connectivity index (χ1) is 13.7. The summed E-state index contributed by atoms with van der Waals surface area (Å²) in [7, 11) is 1.73. The second-order valence-corrected chi connectivity index (χ2v) is 7.10. The van der Waals surface area contributed by atoms with Gasteiger partial charge in [-0.1, -0.05) is 61.5 Å². The number of hydrogen-bond acceptors (Lipinski definition) is 3. The Labute approximate surface area is 168 Å². The van der Waals surface area contributed by atoms with Crippen molar-refractivity contribution in [1.29, 1.82) is 0 Å². The molecule has 0 radical (unpaired) electrons. The van der Waals surface area contributed by atoms with Gasteiger partial charge in [-0.05, 0) is 60.3 Å². The van der Waals surface area contributed by atoms with E-state index in [1.54, 1.807) is 7.11 Å². The zero-order valence-electron chi connectivity index (χ0n) is 16.8. The second-order valence-electron chi connectivity index (χ2n) is 7.10. The van der Waals surface area contributed by atoms with Crippen molar-refractivity contribution in [2.24, 2.45) is 0 Å². The fraction of sp³-hybridized carbons (Fsp3) is 0.280. The van der Waals surface area contributed by atoms with Gasteiger partial charge in [-0.15, -0.1) is 0 Å². The first-order valence-electron chi connectivity index (χ1n) is 9.96. The van der Waals surface area contributed by atoms with Gasteiger partial charge in [0.2, 0.25) is 0 Å². The van der Waals surface area contributed by atoms with E-state index >= 15 is 0 Å². The van der Waals surface area contributed by atoms with Crippen LogP contribution in [0.15, 0.2) is 78.9 Å². The van der Waals surface area contributed by atoms with Gasteiger partial charge in [-0.3, -0.25) is 4.90 Å². The highest BCUT2D eigenvalue weighted by molar-refractivity contribution is 5.39. The van der Waals surface area contributed by atoms with Gasteiger partial charge in [-0.2, -0.15) is 0 Å². The molecule has 3 aromatic rings. The van der Waals surface area contributed by atoms with Crippen LogP contribution >= 0.6 is 0 Å². The van der Waals surface area contributed by atoms with Crippen molar-refractivity contribution >= 4 is 5.69 Å². The molecule has 0 aliphatic carbocycles. The molecule has 3 nitrogen and oxygen atoms in total. The molecular weight excluding hydrogens is 344 g/mol. The number of likely N-dealkylation sites (N-methyl/N-ethyl adjacent to an activating group) is 1. The van der Waals surface area contributed by atoms with E-state index in [0.29, 0.717) is 6.04 Å². The molecule has 0 aliphatic rings. The van der Waals surface area contributed by atoms with Crippen molar-refractivity contribution in [3.63, 3.8) is 0 Å². The first-order valence-corrected chi connectivity index (χ1v) is 9.96. The molecule has 146 valence electrons. The van der Waals surface area contributed by atoms with Gasteiger partial charge in [0.15, 0.2) is 0 Å². The molecule has 0 spiro atoms. The Morgan fingerprint density at radius 2 is 1.64 bits per heavy atom. The number of anilines is 1. The van der Waals surface area contributed by atoms with Crippen molar-refractivity contribution in [2.45, 2.75) is 25.8 Å².